The van der Waals surface area contributed by atoms with Crippen LogP contribution in [0.2, 0.25) is 25.7 Å². The SMILES string of the molecule is C[Si](C)(C)CCOC[n+]1oc(C(=O)O)cc1Cc1ccc(N2CC3CC3C2)nc1CO. The van der Waals surface area contributed by atoms with Crippen LogP contribution in [0.25, 0.3) is 0 Å². The van der Waals surface area contributed by atoms with Crippen molar-refractivity contribution in [2.24, 2.45) is 11.8 Å². The average molecular weight is 447 g/mol. The van der Waals surface area contributed by atoms with Crippen LogP contribution in [0, 0.1) is 11.8 Å². The number of hydrogen-bond donors (Lipinski definition) is 2. The maximum Gasteiger partial charge on any atom is 0.379 e. The highest BCUT2D eigenvalue weighted by Gasteiger charge is 2.45. The molecule has 0 bridgehead atoms. The van der Waals surface area contributed by atoms with Gasteiger partial charge < -0.3 is 19.8 Å². The normalized spacial score (nSPS) is 20.2. The predicted octanol–water partition coefficient (Wildman–Crippen LogP) is 2.51. The van der Waals surface area contributed by atoms with Crippen LogP contribution in [0.3, 0.4) is 0 Å². The lowest BCUT2D eigenvalue weighted by molar-refractivity contribution is -0.892. The summed E-state index contributed by atoms with van der Waals surface area (Å²) in [6, 6.07) is 6.51. The second kappa shape index (κ2) is 8.72. The van der Waals surface area contributed by atoms with Gasteiger partial charge in [0.15, 0.2) is 0 Å². The van der Waals surface area contributed by atoms with Gasteiger partial charge in [-0.25, -0.2) is 14.3 Å². The zero-order valence-corrected chi connectivity index (χ0v) is 19.5. The molecule has 4 rings (SSSR count). The molecule has 1 aliphatic heterocycles. The van der Waals surface area contributed by atoms with Gasteiger partial charge in [-0.05, 0) is 35.9 Å². The molecule has 3 heterocycles. The Hall–Kier alpha value is -2.23. The largest absolute Gasteiger partial charge is 0.475 e. The molecule has 9 heteroatoms. The van der Waals surface area contributed by atoms with Crippen molar-refractivity contribution in [2.45, 2.75) is 51.9 Å². The Labute approximate surface area is 183 Å². The van der Waals surface area contributed by atoms with E-state index in [2.05, 4.69) is 24.5 Å². The van der Waals surface area contributed by atoms with Crippen molar-refractivity contribution in [2.75, 3.05) is 24.6 Å². The third kappa shape index (κ3) is 5.34. The number of aromatic carboxylic acids is 1. The topological polar surface area (TPSA) is 99.9 Å². The van der Waals surface area contributed by atoms with Crippen LogP contribution in [0.5, 0.6) is 0 Å². The maximum absolute atomic E-state index is 11.4. The van der Waals surface area contributed by atoms with E-state index in [9.17, 15) is 15.0 Å². The summed E-state index contributed by atoms with van der Waals surface area (Å²) in [5, 5.41) is 19.3. The maximum atomic E-state index is 11.4. The number of ether oxygens (including phenoxy) is 1. The third-order valence-electron chi connectivity index (χ3n) is 6.12. The van der Waals surface area contributed by atoms with Crippen LogP contribution in [0.15, 0.2) is 22.7 Å². The van der Waals surface area contributed by atoms with E-state index >= 15 is 0 Å². The second-order valence-electron chi connectivity index (χ2n) is 9.89. The minimum absolute atomic E-state index is 0.129. The number of carbonyl (C=O) groups is 1. The molecule has 2 aromatic rings. The molecule has 2 unspecified atom stereocenters. The van der Waals surface area contributed by atoms with Gasteiger partial charge in [-0.3, -0.25) is 0 Å². The minimum Gasteiger partial charge on any atom is -0.475 e. The molecule has 168 valence electrons. The van der Waals surface area contributed by atoms with Gasteiger partial charge >= 0.3 is 5.97 Å². The number of rotatable bonds is 10. The number of piperidine rings is 1. The summed E-state index contributed by atoms with van der Waals surface area (Å²) in [7, 11) is -1.21. The summed E-state index contributed by atoms with van der Waals surface area (Å²) < 4.78 is 12.7. The minimum atomic E-state index is -1.21. The fraction of sp³-hybridized carbons (Fsp3) is 0.591. The fourth-order valence-electron chi connectivity index (χ4n) is 4.08. The highest BCUT2D eigenvalue weighted by atomic mass is 28.3. The zero-order valence-electron chi connectivity index (χ0n) is 18.5. The number of fused-ring (bicyclic) bond motifs is 1. The summed E-state index contributed by atoms with van der Waals surface area (Å²) in [5.41, 5.74) is 2.14. The molecule has 0 amide bonds. The van der Waals surface area contributed by atoms with Crippen molar-refractivity contribution < 1.29 is 29.0 Å². The van der Waals surface area contributed by atoms with Gasteiger partial charge in [-0.1, -0.05) is 25.7 Å². The van der Waals surface area contributed by atoms with E-state index in [0.717, 1.165) is 42.4 Å². The molecule has 0 spiro atoms. The zero-order chi connectivity index (χ0) is 22.2. The molecule has 31 heavy (non-hydrogen) atoms. The smallest absolute Gasteiger partial charge is 0.379 e. The standard InChI is InChI=1S/C22H31N3O5Si/c1-31(2,3)7-6-29-14-25-18(10-20(30-25)22(27)28)9-15-4-5-21(23-19(15)13-26)24-11-16-8-17(16)12-24/h4-5,10,16-17,26H,6-9,11-14H2,1-3H3/p+1. The van der Waals surface area contributed by atoms with Crippen molar-refractivity contribution in [1.82, 2.24) is 4.98 Å². The summed E-state index contributed by atoms with van der Waals surface area (Å²) in [5.74, 6) is 1.26. The number of aromatic nitrogens is 2. The van der Waals surface area contributed by atoms with Crippen molar-refractivity contribution in [1.29, 1.82) is 0 Å². The Balaban J connectivity index is 1.48. The first-order chi connectivity index (χ1) is 14.7. The highest BCUT2D eigenvalue weighted by molar-refractivity contribution is 6.76. The molecule has 0 radical (unpaired) electrons. The summed E-state index contributed by atoms with van der Waals surface area (Å²) >= 11 is 0. The molecular weight excluding hydrogens is 414 g/mol. The second-order valence-corrected chi connectivity index (χ2v) is 15.5. The van der Waals surface area contributed by atoms with Gasteiger partial charge in [0.2, 0.25) is 5.69 Å². The van der Waals surface area contributed by atoms with Crippen molar-refractivity contribution in [3.63, 3.8) is 0 Å². The summed E-state index contributed by atoms with van der Waals surface area (Å²) in [6.45, 7) is 9.53. The van der Waals surface area contributed by atoms with E-state index in [-0.39, 0.29) is 19.1 Å². The number of anilines is 1. The Kier molecular flexibility index (Phi) is 6.18. The molecule has 2 aromatic heterocycles. The first kappa shape index (κ1) is 22.0. The monoisotopic (exact) mass is 446 g/mol. The van der Waals surface area contributed by atoms with Crippen LogP contribution < -0.4 is 9.64 Å². The molecule has 1 aliphatic carbocycles. The number of nitrogens with zero attached hydrogens (tertiary/aromatic N) is 3. The number of hydrogen-bond acceptors (Lipinski definition) is 6. The van der Waals surface area contributed by atoms with E-state index < -0.39 is 14.0 Å². The lowest BCUT2D eigenvalue weighted by Gasteiger charge is -2.20. The van der Waals surface area contributed by atoms with Gasteiger partial charge in [-0.2, -0.15) is 0 Å². The van der Waals surface area contributed by atoms with Gasteiger partial charge in [0.05, 0.1) is 31.4 Å². The van der Waals surface area contributed by atoms with Crippen LogP contribution in [-0.4, -0.2) is 48.9 Å². The molecule has 1 saturated carbocycles. The summed E-state index contributed by atoms with van der Waals surface area (Å²) in [6.07, 6.45) is 1.73. The molecule has 1 saturated heterocycles. The Morgan fingerprint density at radius 3 is 2.71 bits per heavy atom. The van der Waals surface area contributed by atoms with Crippen LogP contribution in [0.1, 0.15) is 33.9 Å². The quantitative estimate of drug-likeness (QED) is 0.329. The number of aliphatic hydroxyl groups excluding tert-OH is 1. The van der Waals surface area contributed by atoms with Crippen molar-refractivity contribution in [3.05, 3.63) is 40.9 Å². The molecular formula is C22H32N3O5Si+. The van der Waals surface area contributed by atoms with E-state index in [4.69, 9.17) is 14.2 Å². The predicted molar refractivity (Wildman–Crippen MR) is 117 cm³/mol. The van der Waals surface area contributed by atoms with Gasteiger partial charge in [0.1, 0.15) is 5.82 Å². The molecule has 2 fully saturated rings. The lowest BCUT2D eigenvalue weighted by atomic mass is 10.1. The number of carboxylic acids is 1. The number of pyridine rings is 1. The van der Waals surface area contributed by atoms with Crippen molar-refractivity contribution in [3.8, 4) is 0 Å². The third-order valence-corrected chi connectivity index (χ3v) is 7.82. The first-order valence-electron chi connectivity index (χ1n) is 10.9. The van der Waals surface area contributed by atoms with E-state index in [1.54, 1.807) is 0 Å². The van der Waals surface area contributed by atoms with E-state index in [0.29, 0.717) is 24.4 Å². The van der Waals surface area contributed by atoms with Gasteiger partial charge in [0.25, 0.3) is 12.5 Å². The van der Waals surface area contributed by atoms with E-state index in [1.165, 1.54) is 17.2 Å². The lowest BCUT2D eigenvalue weighted by Crippen LogP contribution is -2.38. The van der Waals surface area contributed by atoms with Gasteiger partial charge in [-0.15, -0.1) is 0 Å². The molecule has 0 aromatic carbocycles. The molecule has 8 nitrogen and oxygen atoms in total. The molecule has 2 aliphatic rings. The number of aliphatic hydroxyl groups is 1. The van der Waals surface area contributed by atoms with Crippen molar-refractivity contribution >= 4 is 19.9 Å². The van der Waals surface area contributed by atoms with Crippen LogP contribution in [0.4, 0.5) is 5.82 Å². The first-order valence-corrected chi connectivity index (χ1v) is 14.6. The Bertz CT molecular complexity index is 945. The average Bonchev–Trinajstić information content (AvgIpc) is 3.12. The van der Waals surface area contributed by atoms with Crippen LogP contribution >= 0.6 is 0 Å². The Morgan fingerprint density at radius 1 is 1.32 bits per heavy atom. The van der Waals surface area contributed by atoms with Gasteiger partial charge in [0, 0.05) is 25.9 Å². The summed E-state index contributed by atoms with van der Waals surface area (Å²) in [4.78, 5) is 18.4. The van der Waals surface area contributed by atoms with E-state index in [1.807, 2.05) is 12.1 Å². The highest BCUT2D eigenvalue weighted by Crippen LogP contribution is 2.46. The molecule has 2 N–H and O–H groups in total. The molecule has 2 atom stereocenters. The fourth-order valence-corrected chi connectivity index (χ4v) is 4.83. The Morgan fingerprint density at radius 2 is 2.06 bits per heavy atom. The van der Waals surface area contributed by atoms with Crippen LogP contribution in [-0.2, 0) is 24.5 Å². The number of carboxylic acid groups (broad SMARTS) is 1.